The van der Waals surface area contributed by atoms with Crippen molar-refractivity contribution in [2.75, 3.05) is 0 Å². The number of rotatable bonds is 5. The molecule has 3 rings (SSSR count). The molecule has 0 aliphatic heterocycles. The van der Waals surface area contributed by atoms with Gasteiger partial charge in [-0.25, -0.2) is 0 Å². The Morgan fingerprint density at radius 1 is 0.783 bits per heavy atom. The summed E-state index contributed by atoms with van der Waals surface area (Å²) in [5, 5.41) is 0.724. The van der Waals surface area contributed by atoms with Gasteiger partial charge in [0, 0.05) is 11.4 Å². The lowest BCUT2D eigenvalue weighted by Crippen LogP contribution is -2.14. The predicted octanol–water partition coefficient (Wildman–Crippen LogP) is 6.02. The Morgan fingerprint density at radius 2 is 1.39 bits per heavy atom. The second-order valence-electron chi connectivity index (χ2n) is 5.65. The minimum atomic E-state index is 0.110. The van der Waals surface area contributed by atoms with Gasteiger partial charge in [-0.1, -0.05) is 66.2 Å². The van der Waals surface area contributed by atoms with Gasteiger partial charge in [-0.3, -0.25) is 0 Å². The van der Waals surface area contributed by atoms with E-state index >= 15 is 0 Å². The molecule has 2 heteroatoms. The molecule has 0 aliphatic rings. The summed E-state index contributed by atoms with van der Waals surface area (Å²) in [6, 6.07) is 26.6. The number of ether oxygens (including phenoxy) is 1. The van der Waals surface area contributed by atoms with Crippen LogP contribution in [-0.2, 0) is 6.42 Å². The van der Waals surface area contributed by atoms with E-state index < -0.39 is 0 Å². The molecule has 0 radical (unpaired) electrons. The lowest BCUT2D eigenvalue weighted by molar-refractivity contribution is 0.222. The third kappa shape index (κ3) is 4.37. The predicted molar refractivity (Wildman–Crippen MR) is 97.1 cm³/mol. The molecule has 1 nitrogen and oxygen atoms in total. The molecule has 3 aromatic carbocycles. The van der Waals surface area contributed by atoms with Crippen molar-refractivity contribution in [2.24, 2.45) is 0 Å². The normalized spacial score (nSPS) is 11.9. The molecule has 0 heterocycles. The van der Waals surface area contributed by atoms with Crippen LogP contribution in [0.2, 0.25) is 5.02 Å². The van der Waals surface area contributed by atoms with Crippen LogP contribution in [0.5, 0.6) is 5.75 Å². The van der Waals surface area contributed by atoms with Crippen LogP contribution in [0, 0.1) is 0 Å². The second kappa shape index (κ2) is 7.34. The van der Waals surface area contributed by atoms with Gasteiger partial charge in [0.2, 0.25) is 0 Å². The smallest absolute Gasteiger partial charge is 0.119 e. The summed E-state index contributed by atoms with van der Waals surface area (Å²) in [6.07, 6.45) is 0.983. The van der Waals surface area contributed by atoms with E-state index in [-0.39, 0.29) is 6.10 Å². The van der Waals surface area contributed by atoms with Gasteiger partial charge >= 0.3 is 0 Å². The minimum absolute atomic E-state index is 0.110. The Labute approximate surface area is 142 Å². The lowest BCUT2D eigenvalue weighted by Gasteiger charge is -2.15. The standard InChI is InChI=1S/C21H19ClO/c1-16(23-21-13-11-20(22)12-14-21)15-17-7-9-19(10-8-17)18-5-3-2-4-6-18/h2-14,16H,15H2,1H3. The van der Waals surface area contributed by atoms with E-state index in [4.69, 9.17) is 16.3 Å². The Bertz CT molecular complexity index is 733. The van der Waals surface area contributed by atoms with E-state index in [1.165, 1.54) is 16.7 Å². The molecule has 0 aliphatic carbocycles. The van der Waals surface area contributed by atoms with E-state index in [9.17, 15) is 0 Å². The van der Waals surface area contributed by atoms with Gasteiger partial charge in [0.1, 0.15) is 5.75 Å². The molecule has 1 unspecified atom stereocenters. The molecule has 0 saturated heterocycles. The van der Waals surface area contributed by atoms with Crippen LogP contribution in [0.1, 0.15) is 12.5 Å². The molecular formula is C21H19ClO. The van der Waals surface area contributed by atoms with Crippen molar-refractivity contribution in [1.29, 1.82) is 0 Å². The zero-order chi connectivity index (χ0) is 16.1. The summed E-state index contributed by atoms with van der Waals surface area (Å²) >= 11 is 5.89. The summed E-state index contributed by atoms with van der Waals surface area (Å²) in [4.78, 5) is 0. The van der Waals surface area contributed by atoms with Gasteiger partial charge in [0.05, 0.1) is 6.10 Å². The van der Waals surface area contributed by atoms with Gasteiger partial charge in [0.15, 0.2) is 0 Å². The van der Waals surface area contributed by atoms with E-state index in [2.05, 4.69) is 55.5 Å². The minimum Gasteiger partial charge on any atom is -0.490 e. The maximum Gasteiger partial charge on any atom is 0.119 e. The van der Waals surface area contributed by atoms with Crippen LogP contribution in [0.4, 0.5) is 0 Å². The number of benzene rings is 3. The number of hydrogen-bond donors (Lipinski definition) is 0. The van der Waals surface area contributed by atoms with Crippen molar-refractivity contribution in [2.45, 2.75) is 19.4 Å². The van der Waals surface area contributed by atoms with Gasteiger partial charge < -0.3 is 4.74 Å². The van der Waals surface area contributed by atoms with Crippen molar-refractivity contribution < 1.29 is 4.74 Å². The molecular weight excluding hydrogens is 304 g/mol. The summed E-state index contributed by atoms with van der Waals surface area (Å²) < 4.78 is 5.93. The molecule has 116 valence electrons. The molecule has 23 heavy (non-hydrogen) atoms. The molecule has 0 aromatic heterocycles. The molecule has 0 saturated carbocycles. The highest BCUT2D eigenvalue weighted by molar-refractivity contribution is 6.30. The molecule has 0 fully saturated rings. The SMILES string of the molecule is CC(Cc1ccc(-c2ccccc2)cc1)Oc1ccc(Cl)cc1. The third-order valence-electron chi connectivity index (χ3n) is 3.74. The highest BCUT2D eigenvalue weighted by atomic mass is 35.5. The third-order valence-corrected chi connectivity index (χ3v) is 3.99. The van der Waals surface area contributed by atoms with Gasteiger partial charge in [0.25, 0.3) is 0 Å². The highest BCUT2D eigenvalue weighted by Gasteiger charge is 2.06. The van der Waals surface area contributed by atoms with E-state index in [1.54, 1.807) is 0 Å². The Morgan fingerprint density at radius 3 is 2.04 bits per heavy atom. The zero-order valence-electron chi connectivity index (χ0n) is 13.1. The lowest BCUT2D eigenvalue weighted by atomic mass is 10.0. The molecule has 1 atom stereocenters. The Hall–Kier alpha value is -2.25. The van der Waals surface area contributed by atoms with Crippen molar-refractivity contribution in [3.63, 3.8) is 0 Å². The molecule has 0 bridgehead atoms. The summed E-state index contributed by atoms with van der Waals surface area (Å²) in [7, 11) is 0. The van der Waals surface area contributed by atoms with Crippen LogP contribution >= 0.6 is 11.6 Å². The number of hydrogen-bond acceptors (Lipinski definition) is 1. The quantitative estimate of drug-likeness (QED) is 0.558. The van der Waals surface area contributed by atoms with Crippen LogP contribution in [0.15, 0.2) is 78.9 Å². The van der Waals surface area contributed by atoms with Crippen LogP contribution in [-0.4, -0.2) is 6.10 Å². The van der Waals surface area contributed by atoms with E-state index in [1.807, 2.05) is 30.3 Å². The fraction of sp³-hybridized carbons (Fsp3) is 0.143. The molecule has 0 amide bonds. The van der Waals surface area contributed by atoms with Crippen molar-refractivity contribution in [3.05, 3.63) is 89.4 Å². The average molecular weight is 323 g/mol. The van der Waals surface area contributed by atoms with Crippen LogP contribution < -0.4 is 4.74 Å². The van der Waals surface area contributed by atoms with Crippen LogP contribution in [0.3, 0.4) is 0 Å². The largest absolute Gasteiger partial charge is 0.490 e. The first kappa shape index (κ1) is 15.6. The molecule has 3 aromatic rings. The van der Waals surface area contributed by atoms with Gasteiger partial charge in [-0.2, -0.15) is 0 Å². The second-order valence-corrected chi connectivity index (χ2v) is 6.09. The van der Waals surface area contributed by atoms with Gasteiger partial charge in [-0.05, 0) is 47.9 Å². The van der Waals surface area contributed by atoms with E-state index in [0.29, 0.717) is 0 Å². The maximum atomic E-state index is 5.93. The average Bonchev–Trinajstić information content (AvgIpc) is 2.58. The van der Waals surface area contributed by atoms with Gasteiger partial charge in [-0.15, -0.1) is 0 Å². The first-order chi connectivity index (χ1) is 11.2. The first-order valence-corrected chi connectivity index (χ1v) is 8.15. The summed E-state index contributed by atoms with van der Waals surface area (Å²) in [5.74, 6) is 0.850. The Kier molecular flexibility index (Phi) is 4.99. The van der Waals surface area contributed by atoms with Crippen molar-refractivity contribution in [3.8, 4) is 16.9 Å². The maximum absolute atomic E-state index is 5.93. The van der Waals surface area contributed by atoms with Crippen LogP contribution in [0.25, 0.3) is 11.1 Å². The molecule has 0 N–H and O–H groups in total. The fourth-order valence-corrected chi connectivity index (χ4v) is 2.71. The highest BCUT2D eigenvalue weighted by Crippen LogP contribution is 2.21. The topological polar surface area (TPSA) is 9.23 Å². The number of halogens is 1. The fourth-order valence-electron chi connectivity index (χ4n) is 2.58. The van der Waals surface area contributed by atoms with E-state index in [0.717, 1.165) is 17.2 Å². The summed E-state index contributed by atoms with van der Waals surface area (Å²) in [5.41, 5.74) is 3.75. The first-order valence-electron chi connectivity index (χ1n) is 7.77. The van der Waals surface area contributed by atoms with Crippen molar-refractivity contribution >= 4 is 11.6 Å². The molecule has 0 spiro atoms. The summed E-state index contributed by atoms with van der Waals surface area (Å²) in [6.45, 7) is 2.08. The Balaban J connectivity index is 1.62. The monoisotopic (exact) mass is 322 g/mol. The van der Waals surface area contributed by atoms with Crippen molar-refractivity contribution in [1.82, 2.24) is 0 Å². The zero-order valence-corrected chi connectivity index (χ0v) is 13.8.